The number of nitro benzene ring substituents is 1. The first-order valence-electron chi connectivity index (χ1n) is 6.80. The molecule has 1 aromatic rings. The van der Waals surface area contributed by atoms with Crippen LogP contribution in [0.5, 0.6) is 0 Å². The number of carbonyl (C=O) groups excluding carboxylic acids is 1. The van der Waals surface area contributed by atoms with Gasteiger partial charge in [-0.25, -0.2) is 0 Å². The third-order valence-corrected chi connectivity index (χ3v) is 3.68. The predicted octanol–water partition coefficient (Wildman–Crippen LogP) is 1.20. The summed E-state index contributed by atoms with van der Waals surface area (Å²) in [4.78, 5) is 25.9. The number of ether oxygens (including phenoxy) is 1. The zero-order valence-corrected chi connectivity index (χ0v) is 12.2. The van der Waals surface area contributed by atoms with Crippen LogP contribution < -0.4 is 4.90 Å². The minimum absolute atomic E-state index is 0.112. The number of carbonyl (C=O) groups is 1. The van der Waals surface area contributed by atoms with Gasteiger partial charge in [0, 0.05) is 44.0 Å². The fourth-order valence-corrected chi connectivity index (χ4v) is 2.50. The Morgan fingerprint density at radius 1 is 1.33 bits per heavy atom. The molecule has 21 heavy (non-hydrogen) atoms. The molecule has 114 valence electrons. The molecular weight excluding hydrogens is 274 g/mol. The van der Waals surface area contributed by atoms with Crippen molar-refractivity contribution in [1.82, 2.24) is 4.90 Å². The molecule has 7 heteroatoms. The molecule has 1 aliphatic rings. The second kappa shape index (κ2) is 6.53. The molecule has 0 atom stereocenters. The van der Waals surface area contributed by atoms with Gasteiger partial charge in [-0.3, -0.25) is 19.8 Å². The zero-order chi connectivity index (χ0) is 15.4. The molecule has 0 N–H and O–H groups in total. The van der Waals surface area contributed by atoms with Gasteiger partial charge < -0.3 is 9.64 Å². The SMILES string of the molecule is COC(=O)CN1CCN(c2ccc([N+](=O)[O-])cc2C)CC1. The number of aryl methyl sites for hydroxylation is 1. The van der Waals surface area contributed by atoms with E-state index in [0.29, 0.717) is 6.54 Å². The Hall–Kier alpha value is -2.15. The van der Waals surface area contributed by atoms with Gasteiger partial charge in [0.25, 0.3) is 5.69 Å². The van der Waals surface area contributed by atoms with Crippen LogP contribution in [0.25, 0.3) is 0 Å². The molecule has 1 aromatic carbocycles. The van der Waals surface area contributed by atoms with E-state index in [1.807, 2.05) is 11.8 Å². The van der Waals surface area contributed by atoms with E-state index in [1.165, 1.54) is 13.2 Å². The molecule has 1 saturated heterocycles. The molecule has 0 bridgehead atoms. The second-order valence-corrected chi connectivity index (χ2v) is 5.07. The number of esters is 1. The normalized spacial score (nSPS) is 15.8. The van der Waals surface area contributed by atoms with Gasteiger partial charge in [0.15, 0.2) is 0 Å². The van der Waals surface area contributed by atoms with Gasteiger partial charge in [-0.2, -0.15) is 0 Å². The highest BCUT2D eigenvalue weighted by Gasteiger charge is 2.21. The summed E-state index contributed by atoms with van der Waals surface area (Å²) < 4.78 is 4.66. The van der Waals surface area contributed by atoms with Gasteiger partial charge in [-0.15, -0.1) is 0 Å². The number of methoxy groups -OCH3 is 1. The summed E-state index contributed by atoms with van der Waals surface area (Å²) in [6.07, 6.45) is 0. The van der Waals surface area contributed by atoms with Crippen molar-refractivity contribution in [3.05, 3.63) is 33.9 Å². The first kappa shape index (κ1) is 15.2. The van der Waals surface area contributed by atoms with Gasteiger partial charge in [0.2, 0.25) is 0 Å². The Kier molecular flexibility index (Phi) is 4.74. The average Bonchev–Trinajstić information content (AvgIpc) is 2.48. The first-order valence-corrected chi connectivity index (χ1v) is 6.80. The van der Waals surface area contributed by atoms with Crippen molar-refractivity contribution in [3.63, 3.8) is 0 Å². The monoisotopic (exact) mass is 293 g/mol. The fraction of sp³-hybridized carbons (Fsp3) is 0.500. The van der Waals surface area contributed by atoms with Gasteiger partial charge in [-0.1, -0.05) is 0 Å². The Balaban J connectivity index is 1.99. The third-order valence-electron chi connectivity index (χ3n) is 3.68. The lowest BCUT2D eigenvalue weighted by Gasteiger charge is -2.36. The molecule has 0 aliphatic carbocycles. The second-order valence-electron chi connectivity index (χ2n) is 5.07. The van der Waals surface area contributed by atoms with Gasteiger partial charge in [0.1, 0.15) is 0 Å². The van der Waals surface area contributed by atoms with Crippen LogP contribution in [0.15, 0.2) is 18.2 Å². The highest BCUT2D eigenvalue weighted by Crippen LogP contribution is 2.25. The lowest BCUT2D eigenvalue weighted by molar-refractivity contribution is -0.384. The summed E-state index contributed by atoms with van der Waals surface area (Å²) in [5.74, 6) is -0.227. The standard InChI is InChI=1S/C14H19N3O4/c1-11-9-12(17(19)20)3-4-13(11)16-7-5-15(6-8-16)10-14(18)21-2/h3-4,9H,5-8,10H2,1-2H3. The minimum atomic E-state index is -0.384. The number of hydrogen-bond acceptors (Lipinski definition) is 6. The topological polar surface area (TPSA) is 75.9 Å². The Labute approximate surface area is 123 Å². The largest absolute Gasteiger partial charge is 0.468 e. The van der Waals surface area contributed by atoms with Crippen molar-refractivity contribution in [1.29, 1.82) is 0 Å². The smallest absolute Gasteiger partial charge is 0.319 e. The maximum absolute atomic E-state index is 11.2. The highest BCUT2D eigenvalue weighted by atomic mass is 16.6. The number of nitrogens with zero attached hydrogens (tertiary/aromatic N) is 3. The predicted molar refractivity (Wildman–Crippen MR) is 78.5 cm³/mol. The molecule has 0 saturated carbocycles. The van der Waals surface area contributed by atoms with Crippen LogP contribution in [0, 0.1) is 17.0 Å². The van der Waals surface area contributed by atoms with Crippen LogP contribution in [-0.2, 0) is 9.53 Å². The summed E-state index contributed by atoms with van der Waals surface area (Å²) in [6, 6.07) is 4.92. The molecule has 1 fully saturated rings. The van der Waals surface area contributed by atoms with Gasteiger partial charge in [0.05, 0.1) is 18.6 Å². The van der Waals surface area contributed by atoms with Crippen LogP contribution in [-0.4, -0.2) is 55.6 Å². The number of piperazine rings is 1. The van der Waals surface area contributed by atoms with Crippen molar-refractivity contribution < 1.29 is 14.5 Å². The molecule has 1 heterocycles. The van der Waals surface area contributed by atoms with Crippen molar-refractivity contribution >= 4 is 17.3 Å². The highest BCUT2D eigenvalue weighted by molar-refractivity contribution is 5.71. The summed E-state index contributed by atoms with van der Waals surface area (Å²) >= 11 is 0. The van der Waals surface area contributed by atoms with E-state index < -0.39 is 0 Å². The van der Waals surface area contributed by atoms with E-state index in [0.717, 1.165) is 37.4 Å². The summed E-state index contributed by atoms with van der Waals surface area (Å²) in [5.41, 5.74) is 2.02. The molecule has 0 amide bonds. The van der Waals surface area contributed by atoms with Crippen molar-refractivity contribution in [2.75, 3.05) is 44.7 Å². The van der Waals surface area contributed by atoms with E-state index >= 15 is 0 Å². The van der Waals surface area contributed by atoms with Crippen molar-refractivity contribution in [2.24, 2.45) is 0 Å². The number of nitro groups is 1. The fourth-order valence-electron chi connectivity index (χ4n) is 2.50. The maximum Gasteiger partial charge on any atom is 0.319 e. The maximum atomic E-state index is 11.2. The van der Waals surface area contributed by atoms with Crippen molar-refractivity contribution in [2.45, 2.75) is 6.92 Å². The molecule has 0 aromatic heterocycles. The quantitative estimate of drug-likeness (QED) is 0.471. The van der Waals surface area contributed by atoms with Crippen LogP contribution in [0.1, 0.15) is 5.56 Å². The number of rotatable bonds is 4. The summed E-state index contributed by atoms with van der Waals surface area (Å²) in [5, 5.41) is 10.8. The lowest BCUT2D eigenvalue weighted by Crippen LogP contribution is -2.48. The number of anilines is 1. The lowest BCUT2D eigenvalue weighted by atomic mass is 10.1. The number of benzene rings is 1. The van der Waals surface area contributed by atoms with E-state index in [2.05, 4.69) is 9.64 Å². The molecule has 2 rings (SSSR count). The number of hydrogen-bond donors (Lipinski definition) is 0. The summed E-state index contributed by atoms with van der Waals surface area (Å²) in [6.45, 7) is 5.30. The molecular formula is C14H19N3O4. The van der Waals surface area contributed by atoms with E-state index in [9.17, 15) is 14.9 Å². The molecule has 0 spiro atoms. The van der Waals surface area contributed by atoms with Gasteiger partial charge >= 0.3 is 5.97 Å². The minimum Gasteiger partial charge on any atom is -0.468 e. The van der Waals surface area contributed by atoms with E-state index in [-0.39, 0.29) is 16.6 Å². The molecule has 0 unspecified atom stereocenters. The van der Waals surface area contributed by atoms with Crippen LogP contribution in [0.2, 0.25) is 0 Å². The van der Waals surface area contributed by atoms with Crippen LogP contribution >= 0.6 is 0 Å². The van der Waals surface area contributed by atoms with Crippen LogP contribution in [0.3, 0.4) is 0 Å². The van der Waals surface area contributed by atoms with Crippen LogP contribution in [0.4, 0.5) is 11.4 Å². The van der Waals surface area contributed by atoms with Gasteiger partial charge in [-0.05, 0) is 18.6 Å². The van der Waals surface area contributed by atoms with E-state index in [1.54, 1.807) is 12.1 Å². The third kappa shape index (κ3) is 3.69. The first-order chi connectivity index (χ1) is 10.0. The Morgan fingerprint density at radius 2 is 2.00 bits per heavy atom. The molecule has 1 aliphatic heterocycles. The summed E-state index contributed by atoms with van der Waals surface area (Å²) in [7, 11) is 1.39. The number of non-ortho nitro benzene ring substituents is 1. The van der Waals surface area contributed by atoms with E-state index in [4.69, 9.17) is 0 Å². The molecule has 7 nitrogen and oxygen atoms in total. The molecule has 0 radical (unpaired) electrons. The Bertz CT molecular complexity index is 539. The average molecular weight is 293 g/mol. The van der Waals surface area contributed by atoms with Crippen molar-refractivity contribution in [3.8, 4) is 0 Å². The Morgan fingerprint density at radius 3 is 2.52 bits per heavy atom. The zero-order valence-electron chi connectivity index (χ0n) is 12.2.